The number of anilines is 2. The van der Waals surface area contributed by atoms with Gasteiger partial charge in [-0.15, -0.1) is 0 Å². The number of carbonyl (C=O) groups is 3. The molecule has 0 aromatic heterocycles. The molecule has 0 heterocycles. The van der Waals surface area contributed by atoms with Crippen LogP contribution >= 0.6 is 11.6 Å². The maximum Gasteiger partial charge on any atom is 0.329 e. The molecule has 0 unspecified atom stereocenters. The van der Waals surface area contributed by atoms with Crippen molar-refractivity contribution in [2.75, 3.05) is 17.2 Å². The Labute approximate surface area is 202 Å². The topological polar surface area (TPSA) is 109 Å². The molecule has 0 spiro atoms. The van der Waals surface area contributed by atoms with Crippen LogP contribution < -0.4 is 20.8 Å². The Morgan fingerprint density at radius 3 is 2.38 bits per heavy atom. The number of benzene rings is 3. The minimum Gasteiger partial charge on any atom is -0.483 e. The van der Waals surface area contributed by atoms with E-state index in [2.05, 4.69) is 21.2 Å². The zero-order valence-electron chi connectivity index (χ0n) is 18.6. The largest absolute Gasteiger partial charge is 0.483 e. The van der Waals surface area contributed by atoms with Gasteiger partial charge in [0.25, 0.3) is 5.91 Å². The number of para-hydroxylation sites is 2. The molecular formula is C25H23ClN4O4. The van der Waals surface area contributed by atoms with Crippen LogP contribution in [0.25, 0.3) is 0 Å². The highest BCUT2D eigenvalue weighted by Crippen LogP contribution is 2.21. The van der Waals surface area contributed by atoms with Gasteiger partial charge in [-0.1, -0.05) is 48.0 Å². The summed E-state index contributed by atoms with van der Waals surface area (Å²) >= 11 is 6.04. The van der Waals surface area contributed by atoms with Gasteiger partial charge in [0.05, 0.1) is 16.9 Å². The molecule has 34 heavy (non-hydrogen) atoms. The van der Waals surface area contributed by atoms with Crippen LogP contribution in [0.3, 0.4) is 0 Å². The summed E-state index contributed by atoms with van der Waals surface area (Å²) in [6, 6.07) is 19.1. The van der Waals surface area contributed by atoms with Gasteiger partial charge in [-0.2, -0.15) is 5.10 Å². The number of hydrazone groups is 1. The van der Waals surface area contributed by atoms with Crippen LogP contribution in [0.2, 0.25) is 5.02 Å². The smallest absolute Gasteiger partial charge is 0.329 e. The highest BCUT2D eigenvalue weighted by Gasteiger charge is 2.14. The third-order valence-corrected chi connectivity index (χ3v) is 5.18. The Balaban J connectivity index is 1.55. The second-order valence-corrected chi connectivity index (χ2v) is 7.66. The molecule has 8 nitrogen and oxygen atoms in total. The van der Waals surface area contributed by atoms with Gasteiger partial charge >= 0.3 is 11.8 Å². The van der Waals surface area contributed by atoms with Crippen molar-refractivity contribution in [3.8, 4) is 5.75 Å². The van der Waals surface area contributed by atoms with E-state index >= 15 is 0 Å². The molecule has 0 fully saturated rings. The van der Waals surface area contributed by atoms with E-state index in [1.54, 1.807) is 60.7 Å². The number of nitrogens with zero attached hydrogens (tertiary/aromatic N) is 1. The number of hydrogen-bond donors (Lipinski definition) is 3. The summed E-state index contributed by atoms with van der Waals surface area (Å²) in [6.45, 7) is 3.50. The van der Waals surface area contributed by atoms with E-state index < -0.39 is 17.7 Å². The van der Waals surface area contributed by atoms with E-state index in [0.717, 1.165) is 11.1 Å². The fraction of sp³-hybridized carbons (Fsp3) is 0.120. The molecule has 0 bridgehead atoms. The van der Waals surface area contributed by atoms with Crippen molar-refractivity contribution in [2.24, 2.45) is 5.10 Å². The molecule has 0 saturated carbocycles. The molecule has 174 valence electrons. The molecule has 0 aliphatic rings. The molecule has 0 aliphatic carbocycles. The molecule has 0 atom stereocenters. The van der Waals surface area contributed by atoms with E-state index in [0.29, 0.717) is 27.7 Å². The molecule has 3 amide bonds. The van der Waals surface area contributed by atoms with Crippen LogP contribution in [0.1, 0.15) is 16.7 Å². The number of hydrogen-bond acceptors (Lipinski definition) is 5. The molecule has 3 aromatic carbocycles. The van der Waals surface area contributed by atoms with E-state index in [-0.39, 0.29) is 6.61 Å². The summed E-state index contributed by atoms with van der Waals surface area (Å²) in [5.74, 6) is -1.78. The van der Waals surface area contributed by atoms with Gasteiger partial charge < -0.3 is 15.4 Å². The predicted molar refractivity (Wildman–Crippen MR) is 132 cm³/mol. The quantitative estimate of drug-likeness (QED) is 0.270. The minimum atomic E-state index is -0.922. The maximum atomic E-state index is 12.2. The summed E-state index contributed by atoms with van der Waals surface area (Å²) < 4.78 is 5.58. The monoisotopic (exact) mass is 478 g/mol. The van der Waals surface area contributed by atoms with E-state index in [1.807, 2.05) is 19.9 Å². The van der Waals surface area contributed by atoms with E-state index in [4.69, 9.17) is 16.3 Å². The minimum absolute atomic E-state index is 0.263. The maximum absolute atomic E-state index is 12.2. The van der Waals surface area contributed by atoms with Crippen LogP contribution in [0.15, 0.2) is 71.8 Å². The van der Waals surface area contributed by atoms with Crippen molar-refractivity contribution < 1.29 is 19.1 Å². The fourth-order valence-electron chi connectivity index (χ4n) is 2.89. The number of amides is 3. The highest BCUT2D eigenvalue weighted by molar-refractivity contribution is 6.39. The standard InChI is InChI=1S/C25H23ClN4O4/c1-16-8-7-12-20(17(16)2)29-24(32)25(33)30-27-14-18-9-3-6-13-22(18)34-15-23(31)28-21-11-5-4-10-19(21)26/h3-14H,15H2,1-2H3,(H,28,31)(H,29,32)(H,30,33)/b27-14-. The van der Waals surface area contributed by atoms with Crippen LogP contribution in [-0.4, -0.2) is 30.5 Å². The average molecular weight is 479 g/mol. The Bertz CT molecular complexity index is 1240. The third kappa shape index (κ3) is 6.66. The number of halogens is 1. The second kappa shape index (κ2) is 11.6. The number of ether oxygens (including phenoxy) is 1. The molecule has 3 rings (SSSR count). The first kappa shape index (κ1) is 24.5. The summed E-state index contributed by atoms with van der Waals surface area (Å²) in [5.41, 5.74) is 5.59. The number of carbonyl (C=O) groups excluding carboxylic acids is 3. The van der Waals surface area contributed by atoms with Gasteiger partial charge in [0.1, 0.15) is 5.75 Å². The van der Waals surface area contributed by atoms with Crippen molar-refractivity contribution in [3.63, 3.8) is 0 Å². The Morgan fingerprint density at radius 2 is 1.59 bits per heavy atom. The molecule has 3 N–H and O–H groups in total. The SMILES string of the molecule is Cc1cccc(NC(=O)C(=O)N/N=C\c2ccccc2OCC(=O)Nc2ccccc2Cl)c1C. The molecular weight excluding hydrogens is 456 g/mol. The summed E-state index contributed by atoms with van der Waals surface area (Å²) in [4.78, 5) is 36.5. The van der Waals surface area contributed by atoms with Gasteiger partial charge in [-0.3, -0.25) is 14.4 Å². The lowest BCUT2D eigenvalue weighted by atomic mass is 10.1. The molecule has 9 heteroatoms. The summed E-state index contributed by atoms with van der Waals surface area (Å²) in [6.07, 6.45) is 1.32. The molecule has 3 aromatic rings. The normalized spacial score (nSPS) is 10.6. The van der Waals surface area contributed by atoms with Crippen molar-refractivity contribution in [1.82, 2.24) is 5.43 Å². The average Bonchev–Trinajstić information content (AvgIpc) is 2.82. The lowest BCUT2D eigenvalue weighted by Crippen LogP contribution is -2.32. The van der Waals surface area contributed by atoms with Crippen LogP contribution in [0.5, 0.6) is 5.75 Å². The fourth-order valence-corrected chi connectivity index (χ4v) is 3.07. The number of aryl methyl sites for hydroxylation is 1. The highest BCUT2D eigenvalue weighted by atomic mass is 35.5. The van der Waals surface area contributed by atoms with Gasteiger partial charge in [0.15, 0.2) is 6.61 Å². The van der Waals surface area contributed by atoms with Crippen molar-refractivity contribution in [2.45, 2.75) is 13.8 Å². The molecule has 0 radical (unpaired) electrons. The molecule has 0 saturated heterocycles. The van der Waals surface area contributed by atoms with Crippen LogP contribution in [0.4, 0.5) is 11.4 Å². The van der Waals surface area contributed by atoms with Crippen LogP contribution in [0, 0.1) is 13.8 Å². The molecule has 0 aliphatic heterocycles. The Kier molecular flexibility index (Phi) is 8.37. The summed E-state index contributed by atoms with van der Waals surface area (Å²) in [7, 11) is 0. The van der Waals surface area contributed by atoms with E-state index in [1.165, 1.54) is 6.21 Å². The first-order valence-corrected chi connectivity index (χ1v) is 10.7. The van der Waals surface area contributed by atoms with Gasteiger partial charge in [0, 0.05) is 11.3 Å². The van der Waals surface area contributed by atoms with Crippen molar-refractivity contribution in [3.05, 3.63) is 88.4 Å². The van der Waals surface area contributed by atoms with Gasteiger partial charge in [0.2, 0.25) is 0 Å². The van der Waals surface area contributed by atoms with Crippen LogP contribution in [-0.2, 0) is 14.4 Å². The summed E-state index contributed by atoms with van der Waals surface area (Å²) in [5, 5.41) is 9.48. The first-order chi connectivity index (χ1) is 16.3. The lowest BCUT2D eigenvalue weighted by molar-refractivity contribution is -0.136. The predicted octanol–water partition coefficient (Wildman–Crippen LogP) is 4.06. The lowest BCUT2D eigenvalue weighted by Gasteiger charge is -2.10. The Morgan fingerprint density at radius 1 is 0.882 bits per heavy atom. The number of nitrogens with one attached hydrogen (secondary N) is 3. The zero-order chi connectivity index (χ0) is 24.5. The Hall–Kier alpha value is -4.17. The third-order valence-electron chi connectivity index (χ3n) is 4.85. The van der Waals surface area contributed by atoms with E-state index in [9.17, 15) is 14.4 Å². The van der Waals surface area contributed by atoms with Crippen molar-refractivity contribution >= 4 is 46.9 Å². The first-order valence-electron chi connectivity index (χ1n) is 10.3. The van der Waals surface area contributed by atoms with Crippen molar-refractivity contribution in [1.29, 1.82) is 0 Å². The second-order valence-electron chi connectivity index (χ2n) is 7.26. The van der Waals surface area contributed by atoms with Gasteiger partial charge in [-0.05, 0) is 55.3 Å². The van der Waals surface area contributed by atoms with Gasteiger partial charge in [-0.25, -0.2) is 5.43 Å². The number of rotatable bonds is 7. The zero-order valence-corrected chi connectivity index (χ0v) is 19.3.